The number of halogens is 1. The molecule has 1 aromatic rings. The normalized spacial score (nSPS) is 19.9. The molecule has 2 heterocycles. The molecular formula is C15H27IN4OS. The summed E-state index contributed by atoms with van der Waals surface area (Å²) in [6.07, 6.45) is 1.07. The van der Waals surface area contributed by atoms with Crippen molar-refractivity contribution in [2.45, 2.75) is 45.6 Å². The minimum atomic E-state index is 0. The topological polar surface area (TPSA) is 63.7 Å². The van der Waals surface area contributed by atoms with Crippen molar-refractivity contribution in [1.29, 1.82) is 0 Å². The second-order valence-electron chi connectivity index (χ2n) is 6.49. The van der Waals surface area contributed by atoms with Crippen molar-refractivity contribution in [2.24, 2.45) is 10.7 Å². The van der Waals surface area contributed by atoms with Crippen molar-refractivity contribution >= 4 is 41.3 Å². The van der Waals surface area contributed by atoms with Crippen LogP contribution in [0.5, 0.6) is 0 Å². The first-order chi connectivity index (χ1) is 9.86. The summed E-state index contributed by atoms with van der Waals surface area (Å²) in [5, 5.41) is 3.28. The van der Waals surface area contributed by atoms with Crippen molar-refractivity contribution in [3.63, 3.8) is 0 Å². The molecule has 0 aromatic carbocycles. The van der Waals surface area contributed by atoms with Crippen LogP contribution in [-0.4, -0.2) is 48.2 Å². The number of nitrogens with two attached hydrogens (primary N) is 1. The second kappa shape index (κ2) is 8.44. The average Bonchev–Trinajstić information content (AvgIpc) is 2.87. The lowest BCUT2D eigenvalue weighted by atomic mass is 9.93. The molecule has 1 atom stereocenters. The van der Waals surface area contributed by atoms with Crippen LogP contribution in [0, 0.1) is 0 Å². The van der Waals surface area contributed by atoms with Crippen LogP contribution in [0.25, 0.3) is 0 Å². The summed E-state index contributed by atoms with van der Waals surface area (Å²) in [4.78, 5) is 11.3. The molecule has 0 radical (unpaired) electrons. The summed E-state index contributed by atoms with van der Waals surface area (Å²) in [6, 6.07) is 0. The Bertz CT molecular complexity index is 498. The first-order valence-corrected chi connectivity index (χ1v) is 8.35. The summed E-state index contributed by atoms with van der Waals surface area (Å²) in [5.74, 6) is 0.623. The Hall–Kier alpha value is -0.410. The van der Waals surface area contributed by atoms with Gasteiger partial charge in [-0.1, -0.05) is 20.8 Å². The number of nitrogens with zero attached hydrogens (tertiary/aromatic N) is 3. The van der Waals surface area contributed by atoms with E-state index in [2.05, 4.69) is 48.0 Å². The summed E-state index contributed by atoms with van der Waals surface area (Å²) in [5.41, 5.74) is 7.32. The standard InChI is InChI=1S/C15H26N4OS.HI/c1-11-9-19(7-8-20-11)14(16)17-6-5-13-18-12(10-21-13)15(2,3)4;/h10-11H,5-9H2,1-4H3,(H2,16,17);1H. The highest BCUT2D eigenvalue weighted by molar-refractivity contribution is 14.0. The fraction of sp³-hybridized carbons (Fsp3) is 0.733. The summed E-state index contributed by atoms with van der Waals surface area (Å²) in [7, 11) is 0. The number of aliphatic imine (C=N–C) groups is 1. The molecule has 126 valence electrons. The van der Waals surface area contributed by atoms with E-state index in [4.69, 9.17) is 10.5 Å². The van der Waals surface area contributed by atoms with Gasteiger partial charge in [-0.15, -0.1) is 35.3 Å². The van der Waals surface area contributed by atoms with Crippen LogP contribution in [0.3, 0.4) is 0 Å². The molecule has 1 fully saturated rings. The van der Waals surface area contributed by atoms with Crippen LogP contribution < -0.4 is 5.73 Å². The maximum atomic E-state index is 6.05. The van der Waals surface area contributed by atoms with Gasteiger partial charge in [0.1, 0.15) is 0 Å². The Balaban J connectivity index is 0.00000242. The Kier molecular flexibility index (Phi) is 7.54. The van der Waals surface area contributed by atoms with Crippen LogP contribution in [0.2, 0.25) is 0 Å². The van der Waals surface area contributed by atoms with E-state index < -0.39 is 0 Å². The third-order valence-electron chi connectivity index (χ3n) is 3.48. The van der Waals surface area contributed by atoms with Crippen molar-refractivity contribution in [1.82, 2.24) is 9.88 Å². The minimum Gasteiger partial charge on any atom is -0.375 e. The van der Waals surface area contributed by atoms with Gasteiger partial charge in [0.25, 0.3) is 0 Å². The highest BCUT2D eigenvalue weighted by Gasteiger charge is 2.18. The zero-order valence-corrected chi connectivity index (χ0v) is 17.0. The zero-order chi connectivity index (χ0) is 15.5. The van der Waals surface area contributed by atoms with Gasteiger partial charge in [0, 0.05) is 36.9 Å². The lowest BCUT2D eigenvalue weighted by Crippen LogP contribution is -2.47. The van der Waals surface area contributed by atoms with Gasteiger partial charge < -0.3 is 15.4 Å². The van der Waals surface area contributed by atoms with E-state index in [1.165, 1.54) is 0 Å². The first kappa shape index (κ1) is 19.6. The molecule has 1 aromatic heterocycles. The Morgan fingerprint density at radius 1 is 1.55 bits per heavy atom. The van der Waals surface area contributed by atoms with Gasteiger partial charge in [-0.05, 0) is 6.92 Å². The van der Waals surface area contributed by atoms with Crippen molar-refractivity contribution in [3.8, 4) is 0 Å². The number of hydrogen-bond acceptors (Lipinski definition) is 4. The number of guanidine groups is 1. The number of thiazole rings is 1. The Morgan fingerprint density at radius 3 is 2.86 bits per heavy atom. The smallest absolute Gasteiger partial charge is 0.191 e. The van der Waals surface area contributed by atoms with E-state index in [-0.39, 0.29) is 35.5 Å². The van der Waals surface area contributed by atoms with Crippen molar-refractivity contribution < 1.29 is 4.74 Å². The van der Waals surface area contributed by atoms with E-state index in [9.17, 15) is 0 Å². The predicted octanol–water partition coefficient (Wildman–Crippen LogP) is 2.64. The lowest BCUT2D eigenvalue weighted by Gasteiger charge is -2.31. The highest BCUT2D eigenvalue weighted by Crippen LogP contribution is 2.24. The number of rotatable bonds is 3. The molecule has 2 rings (SSSR count). The molecule has 1 saturated heterocycles. The van der Waals surface area contributed by atoms with E-state index in [0.717, 1.165) is 36.8 Å². The SMILES string of the molecule is CC1CN(C(N)=NCCc2nc(C(C)(C)C)cs2)CCO1.I. The molecule has 0 saturated carbocycles. The fourth-order valence-corrected chi connectivity index (χ4v) is 3.18. The lowest BCUT2D eigenvalue weighted by molar-refractivity contribution is 0.00530. The molecule has 1 aliphatic heterocycles. The molecule has 2 N–H and O–H groups in total. The van der Waals surface area contributed by atoms with Crippen LogP contribution >= 0.6 is 35.3 Å². The third kappa shape index (κ3) is 5.66. The highest BCUT2D eigenvalue weighted by atomic mass is 127. The van der Waals surface area contributed by atoms with Crippen LogP contribution in [0.1, 0.15) is 38.4 Å². The van der Waals surface area contributed by atoms with Crippen molar-refractivity contribution in [3.05, 3.63) is 16.1 Å². The number of hydrogen-bond donors (Lipinski definition) is 1. The van der Waals surface area contributed by atoms with Gasteiger partial charge in [0.05, 0.1) is 23.4 Å². The van der Waals surface area contributed by atoms with E-state index >= 15 is 0 Å². The third-order valence-corrected chi connectivity index (χ3v) is 4.39. The van der Waals surface area contributed by atoms with Crippen LogP contribution in [0.15, 0.2) is 10.4 Å². The average molecular weight is 438 g/mol. The van der Waals surface area contributed by atoms with Crippen LogP contribution in [-0.2, 0) is 16.6 Å². The zero-order valence-electron chi connectivity index (χ0n) is 13.8. The quantitative estimate of drug-likeness (QED) is 0.448. The van der Waals surface area contributed by atoms with E-state index in [1.807, 2.05) is 0 Å². The maximum Gasteiger partial charge on any atom is 0.191 e. The monoisotopic (exact) mass is 438 g/mol. The van der Waals surface area contributed by atoms with Gasteiger partial charge in [0.15, 0.2) is 5.96 Å². The maximum absolute atomic E-state index is 6.05. The summed E-state index contributed by atoms with van der Waals surface area (Å²) in [6.45, 7) is 11.7. The molecule has 5 nitrogen and oxygen atoms in total. The molecule has 0 aliphatic carbocycles. The summed E-state index contributed by atoms with van der Waals surface area (Å²) >= 11 is 1.71. The van der Waals surface area contributed by atoms with Gasteiger partial charge in [-0.3, -0.25) is 4.99 Å². The summed E-state index contributed by atoms with van der Waals surface area (Å²) < 4.78 is 5.51. The molecule has 7 heteroatoms. The van der Waals surface area contributed by atoms with E-state index in [0.29, 0.717) is 12.5 Å². The molecule has 0 spiro atoms. The van der Waals surface area contributed by atoms with Gasteiger partial charge in [-0.2, -0.15) is 0 Å². The van der Waals surface area contributed by atoms with Crippen molar-refractivity contribution in [2.75, 3.05) is 26.2 Å². The first-order valence-electron chi connectivity index (χ1n) is 7.47. The predicted molar refractivity (Wildman–Crippen MR) is 103 cm³/mol. The van der Waals surface area contributed by atoms with Gasteiger partial charge >= 0.3 is 0 Å². The van der Waals surface area contributed by atoms with Gasteiger partial charge in [-0.25, -0.2) is 4.98 Å². The van der Waals surface area contributed by atoms with Crippen LogP contribution in [0.4, 0.5) is 0 Å². The number of ether oxygens (including phenoxy) is 1. The Morgan fingerprint density at radius 2 is 2.27 bits per heavy atom. The van der Waals surface area contributed by atoms with E-state index in [1.54, 1.807) is 11.3 Å². The molecule has 0 amide bonds. The minimum absolute atomic E-state index is 0. The molecule has 0 bridgehead atoms. The largest absolute Gasteiger partial charge is 0.375 e. The molecular weight excluding hydrogens is 411 g/mol. The fourth-order valence-electron chi connectivity index (χ4n) is 2.16. The van der Waals surface area contributed by atoms with Gasteiger partial charge in [0.2, 0.25) is 0 Å². The molecule has 1 unspecified atom stereocenters. The Labute approximate surface area is 154 Å². The molecule has 1 aliphatic rings. The number of morpholine rings is 1. The number of aromatic nitrogens is 1. The second-order valence-corrected chi connectivity index (χ2v) is 7.44. The molecule has 22 heavy (non-hydrogen) atoms.